The predicted octanol–water partition coefficient (Wildman–Crippen LogP) is 3.94. The SMILES string of the molecule is C=C\C(OCc1c(C)cccc1-n1nnn(C)c1=O)=C(Br)/C=C(CC)/C(C)=N\OC. The molecule has 0 saturated heterocycles. The quantitative estimate of drug-likeness (QED) is 0.237. The lowest BCUT2D eigenvalue weighted by Crippen LogP contribution is -2.23. The largest absolute Gasteiger partial charge is 0.488 e. The van der Waals surface area contributed by atoms with Gasteiger partial charge in [-0.2, -0.15) is 9.36 Å². The van der Waals surface area contributed by atoms with Crippen molar-refractivity contribution in [2.45, 2.75) is 33.8 Å². The summed E-state index contributed by atoms with van der Waals surface area (Å²) in [5.74, 6) is 0.562. The fourth-order valence-corrected chi connectivity index (χ4v) is 3.35. The molecule has 9 heteroatoms. The second-order valence-corrected chi connectivity index (χ2v) is 7.31. The van der Waals surface area contributed by atoms with Crippen LogP contribution in [0.4, 0.5) is 0 Å². The van der Waals surface area contributed by atoms with E-state index in [1.165, 1.54) is 16.5 Å². The molecule has 0 bridgehead atoms. The second-order valence-electron chi connectivity index (χ2n) is 6.46. The molecule has 1 aromatic heterocycles. The predicted molar refractivity (Wildman–Crippen MR) is 121 cm³/mol. The second kappa shape index (κ2) is 10.7. The van der Waals surface area contributed by atoms with Crippen LogP contribution in [0, 0.1) is 6.92 Å². The van der Waals surface area contributed by atoms with Crippen molar-refractivity contribution in [2.24, 2.45) is 12.2 Å². The first-order valence-corrected chi connectivity index (χ1v) is 10.1. The van der Waals surface area contributed by atoms with Gasteiger partial charge in [0.1, 0.15) is 19.5 Å². The van der Waals surface area contributed by atoms with E-state index in [1.54, 1.807) is 13.1 Å². The van der Waals surface area contributed by atoms with Gasteiger partial charge < -0.3 is 9.57 Å². The molecule has 2 aromatic rings. The summed E-state index contributed by atoms with van der Waals surface area (Å²) in [4.78, 5) is 17.2. The highest BCUT2D eigenvalue weighted by molar-refractivity contribution is 9.11. The van der Waals surface area contributed by atoms with Gasteiger partial charge in [-0.05, 0) is 76.0 Å². The maximum absolute atomic E-state index is 12.3. The van der Waals surface area contributed by atoms with Crippen LogP contribution in [0.25, 0.3) is 5.69 Å². The number of allylic oxidation sites excluding steroid dienone is 4. The number of benzene rings is 1. The van der Waals surface area contributed by atoms with Crippen molar-refractivity contribution in [3.63, 3.8) is 0 Å². The molecule has 30 heavy (non-hydrogen) atoms. The van der Waals surface area contributed by atoms with Crippen LogP contribution in [0.1, 0.15) is 31.4 Å². The first-order valence-electron chi connectivity index (χ1n) is 9.35. The summed E-state index contributed by atoms with van der Waals surface area (Å²) in [6.45, 7) is 9.95. The number of tetrazole rings is 1. The molecule has 2 rings (SSSR count). The Morgan fingerprint density at radius 3 is 2.67 bits per heavy atom. The van der Waals surface area contributed by atoms with E-state index in [4.69, 9.17) is 9.57 Å². The van der Waals surface area contributed by atoms with Gasteiger partial charge in [-0.15, -0.1) is 0 Å². The Balaban J connectivity index is 2.38. The molecule has 0 unspecified atom stereocenters. The number of halogens is 1. The van der Waals surface area contributed by atoms with Crippen LogP contribution in [-0.2, 0) is 23.2 Å². The van der Waals surface area contributed by atoms with Crippen molar-refractivity contribution in [2.75, 3.05) is 7.11 Å². The minimum atomic E-state index is -0.328. The van der Waals surface area contributed by atoms with Crippen LogP contribution in [-0.4, -0.2) is 32.6 Å². The first-order chi connectivity index (χ1) is 14.3. The standard InChI is InChI=1S/C21H26BrN5O3/c1-7-16(15(4)23-29-6)12-18(22)20(8-2)30-13-17-14(3)10-9-11-19(17)27-21(28)26(5)24-25-27/h8-12H,2,7,13H2,1,3-6H3/b16-12+,20-18-,23-15-. The van der Waals surface area contributed by atoms with Crippen molar-refractivity contribution < 1.29 is 9.57 Å². The Hall–Kier alpha value is -2.94. The molecule has 8 nitrogen and oxygen atoms in total. The lowest BCUT2D eigenvalue weighted by atomic mass is 10.1. The minimum absolute atomic E-state index is 0.224. The molecule has 0 saturated carbocycles. The minimum Gasteiger partial charge on any atom is -0.488 e. The van der Waals surface area contributed by atoms with Gasteiger partial charge in [0.05, 0.1) is 15.9 Å². The van der Waals surface area contributed by atoms with Crippen molar-refractivity contribution in [3.05, 3.63) is 74.4 Å². The number of aromatic nitrogens is 4. The van der Waals surface area contributed by atoms with E-state index >= 15 is 0 Å². The van der Waals surface area contributed by atoms with E-state index in [0.717, 1.165) is 33.3 Å². The number of hydrogen-bond acceptors (Lipinski definition) is 6. The topological polar surface area (TPSA) is 83.5 Å². The average Bonchev–Trinajstić information content (AvgIpc) is 3.06. The molecule has 1 heterocycles. The zero-order valence-electron chi connectivity index (χ0n) is 17.8. The maximum Gasteiger partial charge on any atom is 0.368 e. The van der Waals surface area contributed by atoms with Crippen LogP contribution in [0.15, 0.2) is 62.7 Å². The highest BCUT2D eigenvalue weighted by atomic mass is 79.9. The highest BCUT2D eigenvalue weighted by Gasteiger charge is 2.14. The van der Waals surface area contributed by atoms with E-state index in [2.05, 4.69) is 38.1 Å². The van der Waals surface area contributed by atoms with Gasteiger partial charge in [-0.3, -0.25) is 0 Å². The first kappa shape index (κ1) is 23.3. The Kier molecular flexibility index (Phi) is 8.35. The summed E-state index contributed by atoms with van der Waals surface area (Å²) in [6, 6.07) is 5.63. The Bertz CT molecular complexity index is 1060. The van der Waals surface area contributed by atoms with Crippen LogP contribution in [0.3, 0.4) is 0 Å². The van der Waals surface area contributed by atoms with Gasteiger partial charge in [-0.1, -0.05) is 30.8 Å². The molecule has 0 aliphatic heterocycles. The molecular weight excluding hydrogens is 450 g/mol. The molecule has 0 spiro atoms. The van der Waals surface area contributed by atoms with Crippen LogP contribution in [0.5, 0.6) is 0 Å². The maximum atomic E-state index is 12.3. The van der Waals surface area contributed by atoms with Gasteiger partial charge in [0, 0.05) is 12.6 Å². The number of rotatable bonds is 9. The van der Waals surface area contributed by atoms with Crippen LogP contribution >= 0.6 is 15.9 Å². The summed E-state index contributed by atoms with van der Waals surface area (Å²) < 4.78 is 9.21. The Morgan fingerprint density at radius 2 is 2.10 bits per heavy atom. The number of oxime groups is 1. The van der Waals surface area contributed by atoms with Crippen molar-refractivity contribution in [1.29, 1.82) is 0 Å². The van der Waals surface area contributed by atoms with Gasteiger partial charge >= 0.3 is 5.69 Å². The van der Waals surface area contributed by atoms with Crippen LogP contribution < -0.4 is 5.69 Å². The van der Waals surface area contributed by atoms with E-state index in [0.29, 0.717) is 11.4 Å². The van der Waals surface area contributed by atoms with Crippen molar-refractivity contribution >= 4 is 21.6 Å². The third-order valence-electron chi connectivity index (χ3n) is 4.50. The normalized spacial score (nSPS) is 13.1. The molecular formula is C21H26BrN5O3. The number of ether oxygens (including phenoxy) is 1. The van der Waals surface area contributed by atoms with Crippen molar-refractivity contribution in [3.8, 4) is 5.69 Å². The lowest BCUT2D eigenvalue weighted by Gasteiger charge is -2.14. The third kappa shape index (κ3) is 5.35. The van der Waals surface area contributed by atoms with Crippen LogP contribution in [0.2, 0.25) is 0 Å². The summed E-state index contributed by atoms with van der Waals surface area (Å²) in [5.41, 5.74) is 3.87. The highest BCUT2D eigenvalue weighted by Crippen LogP contribution is 2.24. The molecule has 0 amide bonds. The molecule has 0 aliphatic rings. The molecule has 0 radical (unpaired) electrons. The fraction of sp³-hybridized carbons (Fsp3) is 0.333. The van der Waals surface area contributed by atoms with Gasteiger partial charge in [0.2, 0.25) is 0 Å². The fourth-order valence-electron chi connectivity index (χ4n) is 2.80. The van der Waals surface area contributed by atoms with E-state index in [1.807, 2.05) is 45.0 Å². The molecule has 0 atom stereocenters. The smallest absolute Gasteiger partial charge is 0.368 e. The van der Waals surface area contributed by atoms with E-state index < -0.39 is 0 Å². The molecule has 1 aromatic carbocycles. The van der Waals surface area contributed by atoms with E-state index in [-0.39, 0.29) is 12.3 Å². The average molecular weight is 476 g/mol. The molecule has 0 aliphatic carbocycles. The molecule has 0 fully saturated rings. The zero-order valence-corrected chi connectivity index (χ0v) is 19.4. The lowest BCUT2D eigenvalue weighted by molar-refractivity contribution is 0.210. The Morgan fingerprint density at radius 1 is 1.37 bits per heavy atom. The van der Waals surface area contributed by atoms with Gasteiger partial charge in [0.15, 0.2) is 0 Å². The molecule has 0 N–H and O–H groups in total. The summed E-state index contributed by atoms with van der Waals surface area (Å²) in [6.07, 6.45) is 4.33. The van der Waals surface area contributed by atoms with Gasteiger partial charge in [-0.25, -0.2) is 4.79 Å². The summed E-state index contributed by atoms with van der Waals surface area (Å²) in [7, 11) is 3.07. The molecule has 160 valence electrons. The number of nitrogens with zero attached hydrogens (tertiary/aromatic N) is 5. The Labute approximate surface area is 184 Å². The van der Waals surface area contributed by atoms with Crippen molar-refractivity contribution in [1.82, 2.24) is 19.8 Å². The number of aryl methyl sites for hydroxylation is 2. The summed E-state index contributed by atoms with van der Waals surface area (Å²) in [5, 5.41) is 11.7. The van der Waals surface area contributed by atoms with E-state index in [9.17, 15) is 4.79 Å². The third-order valence-corrected chi connectivity index (χ3v) is 5.12. The van der Waals surface area contributed by atoms with Gasteiger partial charge in [0.25, 0.3) is 0 Å². The monoisotopic (exact) mass is 475 g/mol. The summed E-state index contributed by atoms with van der Waals surface area (Å²) >= 11 is 3.57. The zero-order chi connectivity index (χ0) is 22.3. The number of hydrogen-bond donors (Lipinski definition) is 0.